The van der Waals surface area contributed by atoms with Crippen molar-refractivity contribution in [2.45, 2.75) is 70.8 Å². The second-order valence-electron chi connectivity index (χ2n) is 8.58. The average molecular weight is 497 g/mol. The lowest BCUT2D eigenvalue weighted by Gasteiger charge is -2.29. The van der Waals surface area contributed by atoms with E-state index in [-0.39, 0.29) is 34.9 Å². The number of thiazole rings is 1. The van der Waals surface area contributed by atoms with Gasteiger partial charge in [-0.25, -0.2) is 4.98 Å². The minimum Gasteiger partial charge on any atom is -0.494 e. The first-order chi connectivity index (χ1) is 16.2. The minimum absolute atomic E-state index is 0.0182. The highest BCUT2D eigenvalue weighted by molar-refractivity contribution is 7.09. The molecule has 3 aromatic rings. The molecule has 1 aliphatic rings. The van der Waals surface area contributed by atoms with Crippen molar-refractivity contribution in [3.63, 3.8) is 0 Å². The van der Waals surface area contributed by atoms with Crippen molar-refractivity contribution in [2.24, 2.45) is 5.92 Å². The molecule has 0 saturated heterocycles. The van der Waals surface area contributed by atoms with E-state index in [1.54, 1.807) is 0 Å². The van der Waals surface area contributed by atoms with Crippen LogP contribution in [-0.2, 0) is 30.4 Å². The topological polar surface area (TPSA) is 88.4 Å². The molecule has 10 heteroatoms. The summed E-state index contributed by atoms with van der Waals surface area (Å²) in [5.74, 6) is 0.847. The Morgan fingerprint density at radius 2 is 2.09 bits per heavy atom. The molecule has 4 rings (SSSR count). The van der Waals surface area contributed by atoms with Gasteiger partial charge in [-0.05, 0) is 43.7 Å². The van der Waals surface area contributed by atoms with E-state index in [1.165, 1.54) is 18.2 Å². The van der Waals surface area contributed by atoms with Gasteiger partial charge >= 0.3 is 11.0 Å². The Balaban J connectivity index is 1.39. The molecule has 2 atom stereocenters. The number of nitrogens with zero attached hydrogens (tertiary/aromatic N) is 1. The molecule has 2 aromatic heterocycles. The molecule has 0 spiro atoms. The number of benzene rings is 1. The molecule has 2 unspecified atom stereocenters. The van der Waals surface area contributed by atoms with Crippen molar-refractivity contribution >= 4 is 11.3 Å². The van der Waals surface area contributed by atoms with E-state index in [0.29, 0.717) is 35.1 Å². The lowest BCUT2D eigenvalue weighted by atomic mass is 9.84. The molecule has 2 N–H and O–H groups in total. The molecule has 1 fully saturated rings. The van der Waals surface area contributed by atoms with Crippen molar-refractivity contribution in [3.05, 3.63) is 55.8 Å². The predicted octanol–water partition coefficient (Wildman–Crippen LogP) is 6.09. The lowest BCUT2D eigenvalue weighted by Crippen LogP contribution is -2.23. The number of oxazole rings is 1. The number of aryl methyl sites for hydroxylation is 2. The summed E-state index contributed by atoms with van der Waals surface area (Å²) in [7, 11) is 0. The van der Waals surface area contributed by atoms with Crippen molar-refractivity contribution in [2.75, 3.05) is 0 Å². The number of aromatic amines is 1. The van der Waals surface area contributed by atoms with Gasteiger partial charge in [-0.1, -0.05) is 43.2 Å². The number of aromatic hydroxyl groups is 1. The number of hydrogen-bond acceptors (Lipinski definition) is 6. The van der Waals surface area contributed by atoms with E-state index in [4.69, 9.17) is 9.15 Å². The van der Waals surface area contributed by atoms with Crippen LogP contribution in [0.4, 0.5) is 13.2 Å². The largest absolute Gasteiger partial charge is 0.494 e. The van der Waals surface area contributed by atoms with Crippen molar-refractivity contribution < 1.29 is 27.4 Å². The fourth-order valence-corrected chi connectivity index (χ4v) is 5.25. The van der Waals surface area contributed by atoms with Crippen LogP contribution in [0.15, 0.2) is 33.5 Å². The predicted molar refractivity (Wildman–Crippen MR) is 122 cm³/mol. The Hall–Kier alpha value is -2.59. The van der Waals surface area contributed by atoms with Crippen LogP contribution in [0.2, 0.25) is 0 Å². The second-order valence-corrected chi connectivity index (χ2v) is 9.64. The minimum atomic E-state index is -4.50. The molecule has 6 nitrogen and oxygen atoms in total. The first-order valence-corrected chi connectivity index (χ1v) is 12.2. The molecule has 0 bridgehead atoms. The fourth-order valence-electron chi connectivity index (χ4n) is 4.51. The van der Waals surface area contributed by atoms with Gasteiger partial charge in [0.05, 0.1) is 23.2 Å². The number of alkyl halides is 3. The third kappa shape index (κ3) is 5.72. The van der Waals surface area contributed by atoms with Gasteiger partial charge < -0.3 is 14.3 Å². The number of hydrogen-bond donors (Lipinski definition) is 2. The standard InChI is InChI=1S/C24H27F3N2O4S/c1-2-19-18(28-22(33-19)16-8-3-4-9-17(16)24(25,26)27)13-32-15-7-5-6-14(12-15)10-11-20-21(30)29-23(31)34-20/h3-4,8-9,14-15,30H,2,5-7,10-13H2,1H3,(H,29,31). The summed E-state index contributed by atoms with van der Waals surface area (Å²) in [5.41, 5.74) is -0.331. The van der Waals surface area contributed by atoms with Gasteiger partial charge in [-0.3, -0.25) is 9.78 Å². The first kappa shape index (κ1) is 24.5. The van der Waals surface area contributed by atoms with Crippen molar-refractivity contribution in [1.82, 2.24) is 9.97 Å². The maximum Gasteiger partial charge on any atom is 0.417 e. The highest BCUT2D eigenvalue weighted by atomic mass is 32.1. The summed E-state index contributed by atoms with van der Waals surface area (Å²) in [6, 6.07) is 5.26. The van der Waals surface area contributed by atoms with E-state index >= 15 is 0 Å². The van der Waals surface area contributed by atoms with Crippen molar-refractivity contribution in [3.8, 4) is 17.3 Å². The molecule has 0 amide bonds. The molecule has 2 heterocycles. The Morgan fingerprint density at radius 1 is 1.29 bits per heavy atom. The molecular formula is C24H27F3N2O4S. The molecular weight excluding hydrogens is 469 g/mol. The lowest BCUT2D eigenvalue weighted by molar-refractivity contribution is -0.137. The third-order valence-corrected chi connectivity index (χ3v) is 7.16. The van der Waals surface area contributed by atoms with Gasteiger partial charge in [0, 0.05) is 12.0 Å². The summed E-state index contributed by atoms with van der Waals surface area (Å²) in [4.78, 5) is 18.5. The van der Waals surface area contributed by atoms with Crippen LogP contribution < -0.4 is 4.87 Å². The van der Waals surface area contributed by atoms with Gasteiger partial charge in [0.25, 0.3) is 0 Å². The smallest absolute Gasteiger partial charge is 0.417 e. The average Bonchev–Trinajstić information content (AvgIpc) is 3.37. The maximum atomic E-state index is 13.4. The summed E-state index contributed by atoms with van der Waals surface area (Å²) < 4.78 is 52.1. The van der Waals surface area contributed by atoms with Crippen molar-refractivity contribution in [1.29, 1.82) is 0 Å². The number of ether oxygens (including phenoxy) is 1. The Kier molecular flexibility index (Phi) is 7.47. The molecule has 34 heavy (non-hydrogen) atoms. The summed E-state index contributed by atoms with van der Waals surface area (Å²) in [6.07, 6.45) is 1.32. The van der Waals surface area contributed by atoms with Gasteiger partial charge in [-0.2, -0.15) is 13.2 Å². The van der Waals surface area contributed by atoms with Crippen LogP contribution in [0.5, 0.6) is 5.88 Å². The van der Waals surface area contributed by atoms with Gasteiger partial charge in [0.15, 0.2) is 0 Å². The Morgan fingerprint density at radius 3 is 2.79 bits per heavy atom. The second kappa shape index (κ2) is 10.4. The fraction of sp³-hybridized carbons (Fsp3) is 0.500. The van der Waals surface area contributed by atoms with E-state index in [1.807, 2.05) is 6.92 Å². The first-order valence-electron chi connectivity index (χ1n) is 11.4. The van der Waals surface area contributed by atoms with Crippen LogP contribution >= 0.6 is 11.3 Å². The highest BCUT2D eigenvalue weighted by Crippen LogP contribution is 2.37. The zero-order chi connectivity index (χ0) is 24.3. The van der Waals surface area contributed by atoms with Crippen LogP contribution in [0, 0.1) is 5.92 Å². The number of rotatable bonds is 8. The van der Waals surface area contributed by atoms with Crippen LogP contribution in [0.1, 0.15) is 60.9 Å². The maximum absolute atomic E-state index is 13.4. The normalized spacial score (nSPS) is 18.9. The zero-order valence-corrected chi connectivity index (χ0v) is 19.6. The molecule has 1 aromatic carbocycles. The number of H-pyrrole nitrogens is 1. The molecule has 0 radical (unpaired) electrons. The highest BCUT2D eigenvalue weighted by Gasteiger charge is 2.35. The molecule has 1 aliphatic carbocycles. The van der Waals surface area contributed by atoms with Crippen LogP contribution in [0.3, 0.4) is 0 Å². The van der Waals surface area contributed by atoms with Crippen LogP contribution in [0.25, 0.3) is 11.5 Å². The number of nitrogens with one attached hydrogen (secondary N) is 1. The summed E-state index contributed by atoms with van der Waals surface area (Å²) in [5, 5.41) is 9.77. The zero-order valence-electron chi connectivity index (χ0n) is 18.8. The SMILES string of the molecule is CCc1oc(-c2ccccc2C(F)(F)F)nc1COC1CCCC(CCc2sc(=O)[nH]c2O)C1. The molecule has 0 aliphatic heterocycles. The molecule has 1 saturated carbocycles. The molecule has 184 valence electrons. The van der Waals surface area contributed by atoms with Gasteiger partial charge in [0.1, 0.15) is 11.5 Å². The number of aromatic nitrogens is 2. The number of halogens is 3. The van der Waals surface area contributed by atoms with Gasteiger partial charge in [-0.15, -0.1) is 0 Å². The Labute approximate surface area is 198 Å². The summed E-state index contributed by atoms with van der Waals surface area (Å²) >= 11 is 1.04. The summed E-state index contributed by atoms with van der Waals surface area (Å²) in [6.45, 7) is 2.04. The van der Waals surface area contributed by atoms with E-state index in [0.717, 1.165) is 49.5 Å². The van der Waals surface area contributed by atoms with Gasteiger partial charge in [0.2, 0.25) is 11.8 Å². The Bertz CT molecular complexity index is 1170. The third-order valence-electron chi connectivity index (χ3n) is 6.23. The monoisotopic (exact) mass is 496 g/mol. The van der Waals surface area contributed by atoms with E-state index < -0.39 is 11.7 Å². The van der Waals surface area contributed by atoms with Crippen LogP contribution in [-0.4, -0.2) is 21.2 Å². The van der Waals surface area contributed by atoms with E-state index in [9.17, 15) is 23.1 Å². The quantitative estimate of drug-likeness (QED) is 0.394. The van der Waals surface area contributed by atoms with E-state index in [2.05, 4.69) is 9.97 Å².